The molecule has 0 fully saturated rings. The third-order valence-corrected chi connectivity index (χ3v) is 17.6. The van der Waals surface area contributed by atoms with E-state index in [4.69, 9.17) is 12.2 Å². The van der Waals surface area contributed by atoms with Crippen molar-refractivity contribution < 1.29 is 9.59 Å². The maximum atomic E-state index is 14.5. The first-order chi connectivity index (χ1) is 23.8. The summed E-state index contributed by atoms with van der Waals surface area (Å²) in [5.41, 5.74) is 2.90. The third-order valence-electron chi connectivity index (χ3n) is 9.28. The predicted octanol–water partition coefficient (Wildman–Crippen LogP) is 16.2. The Balaban J connectivity index is 1.10. The van der Waals surface area contributed by atoms with Crippen molar-refractivity contribution in [1.82, 2.24) is 4.90 Å². The standard InChI is InChI=1S/C37H37Br2NO2S7/c1-2-3-4-5-6-7-8-9-10-11-12-13-14-15-16-40-35(41)31-29(25-17-21-23(44-25)19-27(38)46-21)33-34(49-37(43)48-33)30(32(31)36(40)42)26-18-22-24(45-26)20-28(39)47-22/h17-20H,2-16H2,1H3. The van der Waals surface area contributed by atoms with E-state index in [1.807, 2.05) is 0 Å². The Kier molecular flexibility index (Phi) is 12.3. The van der Waals surface area contributed by atoms with Crippen molar-refractivity contribution in [2.45, 2.75) is 96.8 Å². The number of nitrogens with zero attached hydrogens (tertiary/aromatic N) is 1. The number of halogens is 2. The average Bonchev–Trinajstić information content (AvgIpc) is 3.90. The number of thiophene rings is 4. The van der Waals surface area contributed by atoms with Crippen LogP contribution in [0.1, 0.15) is 118 Å². The van der Waals surface area contributed by atoms with Gasteiger partial charge in [-0.2, -0.15) is 0 Å². The van der Waals surface area contributed by atoms with Crippen LogP contribution >= 0.6 is 112 Å². The summed E-state index contributed by atoms with van der Waals surface area (Å²) in [6.45, 7) is 2.74. The predicted molar refractivity (Wildman–Crippen MR) is 229 cm³/mol. The number of amides is 2. The molecule has 2 amide bonds. The fourth-order valence-electron chi connectivity index (χ4n) is 6.87. The topological polar surface area (TPSA) is 37.4 Å². The van der Waals surface area contributed by atoms with Crippen molar-refractivity contribution in [3.8, 4) is 20.9 Å². The summed E-state index contributed by atoms with van der Waals surface area (Å²) in [6, 6.07) is 8.65. The van der Waals surface area contributed by atoms with Crippen LogP contribution in [0.3, 0.4) is 0 Å². The van der Waals surface area contributed by atoms with E-state index < -0.39 is 0 Å². The van der Waals surface area contributed by atoms with Crippen molar-refractivity contribution >= 4 is 152 Å². The summed E-state index contributed by atoms with van der Waals surface area (Å²) >= 11 is 22.9. The van der Waals surface area contributed by atoms with Gasteiger partial charge in [0.2, 0.25) is 0 Å². The number of unbranched alkanes of at least 4 members (excludes halogenated alkanes) is 13. The number of rotatable bonds is 17. The summed E-state index contributed by atoms with van der Waals surface area (Å²) in [5.74, 6) is -0.313. The molecule has 258 valence electrons. The van der Waals surface area contributed by atoms with Crippen LogP contribution < -0.4 is 0 Å². The average molecular weight is 912 g/mol. The van der Waals surface area contributed by atoms with E-state index in [-0.39, 0.29) is 11.8 Å². The second-order valence-corrected chi connectivity index (χ2v) is 23.1. The van der Waals surface area contributed by atoms with Gasteiger partial charge in [0.15, 0.2) is 0 Å². The quantitative estimate of drug-likeness (QED) is 0.0520. The summed E-state index contributed by atoms with van der Waals surface area (Å²) in [7, 11) is 0. The third kappa shape index (κ3) is 7.79. The summed E-state index contributed by atoms with van der Waals surface area (Å²) < 4.78 is 9.74. The lowest BCUT2D eigenvalue weighted by molar-refractivity contribution is 0.0652. The number of benzene rings is 1. The van der Waals surface area contributed by atoms with Gasteiger partial charge in [0, 0.05) is 46.2 Å². The lowest BCUT2D eigenvalue weighted by Gasteiger charge is -2.14. The number of carbonyl (C=O) groups excluding carboxylic acids is 2. The first-order valence-corrected chi connectivity index (χ1v) is 24.1. The van der Waals surface area contributed by atoms with Crippen LogP contribution in [0.5, 0.6) is 0 Å². The number of hydrogen-bond acceptors (Lipinski definition) is 9. The number of fused-ring (bicyclic) bond motifs is 4. The molecule has 6 heterocycles. The molecule has 49 heavy (non-hydrogen) atoms. The minimum absolute atomic E-state index is 0.156. The van der Waals surface area contributed by atoms with Crippen molar-refractivity contribution in [3.63, 3.8) is 0 Å². The lowest BCUT2D eigenvalue weighted by atomic mass is 9.95. The van der Waals surface area contributed by atoms with E-state index in [2.05, 4.69) is 63.0 Å². The molecule has 12 heteroatoms. The highest BCUT2D eigenvalue weighted by Gasteiger charge is 2.42. The number of carbonyl (C=O) groups is 2. The van der Waals surface area contributed by atoms with Crippen molar-refractivity contribution in [2.24, 2.45) is 0 Å². The summed E-state index contributed by atoms with van der Waals surface area (Å²) in [6.07, 6.45) is 17.8. The van der Waals surface area contributed by atoms with Gasteiger partial charge in [0.25, 0.3) is 11.8 Å². The van der Waals surface area contributed by atoms with Crippen LogP contribution in [-0.4, -0.2) is 23.3 Å². The van der Waals surface area contributed by atoms with E-state index in [1.54, 1.807) is 72.9 Å². The highest BCUT2D eigenvalue weighted by molar-refractivity contribution is 9.11. The van der Waals surface area contributed by atoms with E-state index >= 15 is 0 Å². The fourth-order valence-corrected chi connectivity index (χ4v) is 15.9. The smallest absolute Gasteiger partial charge is 0.262 e. The normalized spacial score (nSPS) is 13.3. The van der Waals surface area contributed by atoms with Crippen LogP contribution in [-0.2, 0) is 0 Å². The van der Waals surface area contributed by atoms with Crippen LogP contribution in [0.4, 0.5) is 0 Å². The maximum Gasteiger partial charge on any atom is 0.262 e. The molecule has 5 aromatic heterocycles. The van der Waals surface area contributed by atoms with Gasteiger partial charge >= 0.3 is 0 Å². The zero-order valence-corrected chi connectivity index (χ0v) is 36.2. The molecular weight excluding hydrogens is 875 g/mol. The van der Waals surface area contributed by atoms with Crippen LogP contribution in [0.25, 0.3) is 49.1 Å². The maximum absolute atomic E-state index is 14.5. The molecule has 0 saturated heterocycles. The summed E-state index contributed by atoms with van der Waals surface area (Å²) in [4.78, 5) is 32.5. The van der Waals surface area contributed by atoms with Crippen LogP contribution in [0.2, 0.25) is 0 Å². The van der Waals surface area contributed by atoms with Gasteiger partial charge in [-0.15, -0.1) is 68.0 Å². The van der Waals surface area contributed by atoms with E-state index in [1.165, 1.54) is 89.4 Å². The molecule has 1 aromatic carbocycles. The van der Waals surface area contributed by atoms with Crippen LogP contribution in [0, 0.1) is 3.14 Å². The van der Waals surface area contributed by atoms with Crippen molar-refractivity contribution in [3.05, 3.63) is 46.1 Å². The Hall–Kier alpha value is -0.830. The van der Waals surface area contributed by atoms with E-state index in [0.717, 1.165) is 60.3 Å². The molecule has 0 saturated carbocycles. The first-order valence-electron chi connectivity index (χ1n) is 17.2. The number of hydrogen-bond donors (Lipinski definition) is 0. The highest BCUT2D eigenvalue weighted by atomic mass is 79.9. The van der Waals surface area contributed by atoms with Gasteiger partial charge in [0.1, 0.15) is 3.14 Å². The molecule has 7 rings (SSSR count). The van der Waals surface area contributed by atoms with Crippen molar-refractivity contribution in [1.29, 1.82) is 0 Å². The van der Waals surface area contributed by atoms with E-state index in [0.29, 0.717) is 17.7 Å². The fraction of sp³-hybridized carbons (Fsp3) is 0.432. The van der Waals surface area contributed by atoms with Gasteiger partial charge < -0.3 is 0 Å². The molecule has 1 aliphatic heterocycles. The molecule has 0 unspecified atom stereocenters. The Morgan fingerprint density at radius 1 is 0.531 bits per heavy atom. The Morgan fingerprint density at radius 3 is 1.33 bits per heavy atom. The zero-order valence-electron chi connectivity index (χ0n) is 27.3. The molecule has 0 radical (unpaired) electrons. The monoisotopic (exact) mass is 909 g/mol. The molecule has 1 aliphatic rings. The summed E-state index contributed by atoms with van der Waals surface area (Å²) in [5, 5.41) is 0. The van der Waals surface area contributed by atoms with Gasteiger partial charge in [-0.1, -0.05) is 103 Å². The molecule has 0 aliphatic carbocycles. The van der Waals surface area contributed by atoms with Gasteiger partial charge in [-0.05, 0) is 62.5 Å². The van der Waals surface area contributed by atoms with E-state index in [9.17, 15) is 9.59 Å². The second-order valence-electron chi connectivity index (χ2n) is 12.7. The first kappa shape index (κ1) is 36.5. The number of imide groups is 1. The molecule has 3 nitrogen and oxygen atoms in total. The largest absolute Gasteiger partial charge is 0.274 e. The lowest BCUT2D eigenvalue weighted by Crippen LogP contribution is -2.30. The van der Waals surface area contributed by atoms with Gasteiger partial charge in [-0.3, -0.25) is 14.5 Å². The van der Waals surface area contributed by atoms with Crippen LogP contribution in [0.15, 0.2) is 31.8 Å². The molecule has 0 N–H and O–H groups in total. The molecule has 0 bridgehead atoms. The molecule has 6 aromatic rings. The Labute approximate surface area is 333 Å². The SMILES string of the molecule is CCCCCCCCCCCCCCCCN1C(=O)c2c(c(-c3cc4sc(Br)cc4s3)c3sc(=S)sc3c2-c2cc3sc(Br)cc3s2)C1=O. The Morgan fingerprint density at radius 2 is 0.918 bits per heavy atom. The zero-order chi connectivity index (χ0) is 34.1. The molecule has 0 atom stereocenters. The highest BCUT2D eigenvalue weighted by Crippen LogP contribution is 2.54. The second kappa shape index (κ2) is 16.5. The van der Waals surface area contributed by atoms with Gasteiger partial charge in [-0.25, -0.2) is 0 Å². The minimum atomic E-state index is -0.156. The molecular formula is C37H37Br2NO2S7. The van der Waals surface area contributed by atoms with Gasteiger partial charge in [0.05, 0.1) is 28.1 Å². The molecule has 0 spiro atoms. The van der Waals surface area contributed by atoms with Crippen molar-refractivity contribution in [2.75, 3.05) is 6.54 Å². The minimum Gasteiger partial charge on any atom is -0.274 e. The Bertz CT molecular complexity index is 2000.